The molecule has 2 rings (SSSR count). The lowest BCUT2D eigenvalue weighted by molar-refractivity contribution is 0.611. The Labute approximate surface area is 107 Å². The standard InChI is InChI=1S/C13H19FN2S/c1-10-9-16(6-7-17-10)13-11(8-15-2)4-3-5-12(13)14/h3-5,10,15H,6-9H2,1-2H3. The van der Waals surface area contributed by atoms with Gasteiger partial charge in [0.15, 0.2) is 0 Å². The number of thioether (sulfide) groups is 1. The molecular weight excluding hydrogens is 235 g/mol. The molecule has 94 valence electrons. The highest BCUT2D eigenvalue weighted by atomic mass is 32.2. The van der Waals surface area contributed by atoms with E-state index in [-0.39, 0.29) is 5.82 Å². The van der Waals surface area contributed by atoms with E-state index >= 15 is 0 Å². The molecule has 1 heterocycles. The van der Waals surface area contributed by atoms with Gasteiger partial charge in [0.2, 0.25) is 0 Å². The molecule has 0 aliphatic carbocycles. The molecule has 1 aromatic rings. The van der Waals surface area contributed by atoms with Crippen LogP contribution >= 0.6 is 11.8 Å². The van der Waals surface area contributed by atoms with Crippen LogP contribution in [0.1, 0.15) is 12.5 Å². The van der Waals surface area contributed by atoms with Crippen LogP contribution in [0.25, 0.3) is 0 Å². The largest absolute Gasteiger partial charge is 0.367 e. The Bertz CT molecular complexity index is 384. The van der Waals surface area contributed by atoms with E-state index in [0.29, 0.717) is 11.8 Å². The van der Waals surface area contributed by atoms with Crippen molar-refractivity contribution in [1.82, 2.24) is 5.32 Å². The van der Waals surface area contributed by atoms with Crippen molar-refractivity contribution < 1.29 is 4.39 Å². The quantitative estimate of drug-likeness (QED) is 0.892. The van der Waals surface area contributed by atoms with Crippen molar-refractivity contribution in [3.63, 3.8) is 0 Å². The van der Waals surface area contributed by atoms with Crippen molar-refractivity contribution in [3.05, 3.63) is 29.6 Å². The zero-order valence-electron chi connectivity index (χ0n) is 10.4. The van der Waals surface area contributed by atoms with Crippen LogP contribution in [0, 0.1) is 5.82 Å². The summed E-state index contributed by atoms with van der Waals surface area (Å²) in [6, 6.07) is 5.34. The molecule has 0 saturated carbocycles. The van der Waals surface area contributed by atoms with Crippen LogP contribution in [0.3, 0.4) is 0 Å². The Morgan fingerprint density at radius 2 is 2.35 bits per heavy atom. The van der Waals surface area contributed by atoms with Gasteiger partial charge < -0.3 is 10.2 Å². The van der Waals surface area contributed by atoms with Gasteiger partial charge in [-0.2, -0.15) is 11.8 Å². The normalized spacial score (nSPS) is 20.6. The minimum absolute atomic E-state index is 0.100. The summed E-state index contributed by atoms with van der Waals surface area (Å²) in [5.41, 5.74) is 1.83. The summed E-state index contributed by atoms with van der Waals surface area (Å²) in [5.74, 6) is 0.978. The van der Waals surface area contributed by atoms with Crippen LogP contribution in [-0.4, -0.2) is 31.1 Å². The SMILES string of the molecule is CNCc1cccc(F)c1N1CCSC(C)C1. The van der Waals surface area contributed by atoms with Crippen molar-refractivity contribution in [2.45, 2.75) is 18.7 Å². The minimum atomic E-state index is -0.100. The lowest BCUT2D eigenvalue weighted by atomic mass is 10.1. The Balaban J connectivity index is 2.28. The van der Waals surface area contributed by atoms with Crippen LogP contribution in [0.4, 0.5) is 10.1 Å². The van der Waals surface area contributed by atoms with Crippen LogP contribution in [0.15, 0.2) is 18.2 Å². The van der Waals surface area contributed by atoms with E-state index in [9.17, 15) is 4.39 Å². The van der Waals surface area contributed by atoms with E-state index in [2.05, 4.69) is 17.1 Å². The number of benzene rings is 1. The summed E-state index contributed by atoms with van der Waals surface area (Å²) >= 11 is 1.96. The van der Waals surface area contributed by atoms with Gasteiger partial charge in [0.25, 0.3) is 0 Å². The number of nitrogens with one attached hydrogen (secondary N) is 1. The molecule has 2 nitrogen and oxygen atoms in total. The van der Waals surface area contributed by atoms with Crippen LogP contribution in [-0.2, 0) is 6.54 Å². The number of rotatable bonds is 3. The fourth-order valence-corrected chi connectivity index (χ4v) is 3.28. The average molecular weight is 254 g/mol. The Kier molecular flexibility index (Phi) is 4.29. The summed E-state index contributed by atoms with van der Waals surface area (Å²) in [4.78, 5) is 2.18. The van der Waals surface area contributed by atoms with Crippen molar-refractivity contribution >= 4 is 17.4 Å². The van der Waals surface area contributed by atoms with Crippen LogP contribution in [0.2, 0.25) is 0 Å². The molecule has 4 heteroatoms. The first-order valence-electron chi connectivity index (χ1n) is 6.01. The van der Waals surface area contributed by atoms with E-state index in [1.54, 1.807) is 12.1 Å². The maximum absolute atomic E-state index is 14.0. The molecule has 0 amide bonds. The second-order valence-electron chi connectivity index (χ2n) is 4.41. The third kappa shape index (κ3) is 2.93. The molecular formula is C13H19FN2S. The molecule has 0 aromatic heterocycles. The number of nitrogens with zero attached hydrogens (tertiary/aromatic N) is 1. The highest BCUT2D eigenvalue weighted by Gasteiger charge is 2.21. The number of hydrogen-bond acceptors (Lipinski definition) is 3. The molecule has 0 bridgehead atoms. The van der Waals surface area contributed by atoms with E-state index in [0.717, 1.165) is 30.1 Å². The smallest absolute Gasteiger partial charge is 0.146 e. The molecule has 1 unspecified atom stereocenters. The number of anilines is 1. The zero-order valence-corrected chi connectivity index (χ0v) is 11.2. The van der Waals surface area contributed by atoms with Gasteiger partial charge in [-0.25, -0.2) is 4.39 Å². The molecule has 1 aliphatic heterocycles. The van der Waals surface area contributed by atoms with Gasteiger partial charge in [0, 0.05) is 30.6 Å². The van der Waals surface area contributed by atoms with Gasteiger partial charge >= 0.3 is 0 Å². The Hall–Kier alpha value is -0.740. The third-order valence-corrected chi connectivity index (χ3v) is 4.13. The summed E-state index contributed by atoms with van der Waals surface area (Å²) in [5, 5.41) is 3.68. The molecule has 1 N–H and O–H groups in total. The van der Waals surface area contributed by atoms with Crippen LogP contribution in [0.5, 0.6) is 0 Å². The second kappa shape index (κ2) is 5.74. The van der Waals surface area contributed by atoms with E-state index < -0.39 is 0 Å². The van der Waals surface area contributed by atoms with Crippen molar-refractivity contribution in [2.24, 2.45) is 0 Å². The summed E-state index contributed by atoms with van der Waals surface area (Å²) in [6.45, 7) is 4.79. The van der Waals surface area contributed by atoms with E-state index in [1.165, 1.54) is 0 Å². The predicted octanol–water partition coefficient (Wildman–Crippen LogP) is 2.49. The molecule has 0 radical (unpaired) electrons. The lowest BCUT2D eigenvalue weighted by Crippen LogP contribution is -2.38. The van der Waals surface area contributed by atoms with Gasteiger partial charge in [-0.1, -0.05) is 19.1 Å². The maximum Gasteiger partial charge on any atom is 0.146 e. The monoisotopic (exact) mass is 254 g/mol. The first-order valence-corrected chi connectivity index (χ1v) is 7.05. The van der Waals surface area contributed by atoms with Gasteiger partial charge in [-0.15, -0.1) is 0 Å². The molecule has 0 spiro atoms. The fourth-order valence-electron chi connectivity index (χ4n) is 2.27. The van der Waals surface area contributed by atoms with Gasteiger partial charge in [-0.3, -0.25) is 0 Å². The zero-order chi connectivity index (χ0) is 12.3. The van der Waals surface area contributed by atoms with Gasteiger partial charge in [-0.05, 0) is 18.7 Å². The summed E-state index contributed by atoms with van der Waals surface area (Å²) < 4.78 is 14.0. The third-order valence-electron chi connectivity index (χ3n) is 2.99. The van der Waals surface area contributed by atoms with Crippen molar-refractivity contribution in [1.29, 1.82) is 0 Å². The molecule has 1 atom stereocenters. The van der Waals surface area contributed by atoms with E-state index in [4.69, 9.17) is 0 Å². The van der Waals surface area contributed by atoms with Gasteiger partial charge in [0.05, 0.1) is 5.69 Å². The number of hydrogen-bond donors (Lipinski definition) is 1. The molecule has 1 saturated heterocycles. The average Bonchev–Trinajstić information content (AvgIpc) is 2.29. The number of halogens is 1. The number of para-hydroxylation sites is 1. The van der Waals surface area contributed by atoms with Gasteiger partial charge in [0.1, 0.15) is 5.82 Å². The first kappa shape index (κ1) is 12.7. The maximum atomic E-state index is 14.0. The van der Waals surface area contributed by atoms with Crippen molar-refractivity contribution in [3.8, 4) is 0 Å². The fraction of sp³-hybridized carbons (Fsp3) is 0.538. The summed E-state index contributed by atoms with van der Waals surface area (Å²) in [7, 11) is 1.89. The highest BCUT2D eigenvalue weighted by Crippen LogP contribution is 2.29. The Morgan fingerprint density at radius 1 is 1.53 bits per heavy atom. The Morgan fingerprint density at radius 3 is 3.06 bits per heavy atom. The van der Waals surface area contributed by atoms with E-state index in [1.807, 2.05) is 24.9 Å². The highest BCUT2D eigenvalue weighted by molar-refractivity contribution is 8.00. The minimum Gasteiger partial charge on any atom is -0.367 e. The second-order valence-corrected chi connectivity index (χ2v) is 5.95. The lowest BCUT2D eigenvalue weighted by Gasteiger charge is -2.34. The topological polar surface area (TPSA) is 15.3 Å². The molecule has 1 aromatic carbocycles. The van der Waals surface area contributed by atoms with Crippen molar-refractivity contribution in [2.75, 3.05) is 30.8 Å². The van der Waals surface area contributed by atoms with Crippen LogP contribution < -0.4 is 10.2 Å². The summed E-state index contributed by atoms with van der Waals surface area (Å²) in [6.07, 6.45) is 0. The molecule has 1 fully saturated rings. The first-order chi connectivity index (χ1) is 8.22. The molecule has 1 aliphatic rings. The molecule has 17 heavy (non-hydrogen) atoms. The predicted molar refractivity (Wildman–Crippen MR) is 73.3 cm³/mol.